The topological polar surface area (TPSA) is 95.9 Å². The van der Waals surface area contributed by atoms with Gasteiger partial charge in [0.05, 0.1) is 13.2 Å². The zero-order valence-electron chi connectivity index (χ0n) is 10.2. The summed E-state index contributed by atoms with van der Waals surface area (Å²) in [7, 11) is -3.74. The summed E-state index contributed by atoms with van der Waals surface area (Å²) in [5, 5.41) is 8.98. The van der Waals surface area contributed by atoms with Crippen molar-refractivity contribution in [3.8, 4) is 0 Å². The zero-order valence-corrected chi connectivity index (χ0v) is 11.8. The Labute approximate surface area is 111 Å². The van der Waals surface area contributed by atoms with Crippen molar-refractivity contribution in [2.24, 2.45) is 0 Å². The first-order chi connectivity index (χ1) is 8.47. The van der Waals surface area contributed by atoms with Gasteiger partial charge >= 0.3 is 5.97 Å². The molecule has 0 aromatic heterocycles. The summed E-state index contributed by atoms with van der Waals surface area (Å²) in [6.45, 7) is 1.18. The van der Waals surface area contributed by atoms with Crippen LogP contribution < -0.4 is 4.72 Å². The number of ether oxygens (including phenoxy) is 1. The lowest BCUT2D eigenvalue weighted by Gasteiger charge is -2.27. The van der Waals surface area contributed by atoms with Gasteiger partial charge in [0, 0.05) is 13.1 Å². The molecular weight excluding hydrogens is 280 g/mol. The number of carboxylic acids is 1. The number of carboxylic acid groups (broad SMARTS) is 1. The number of thioether (sulfide) groups is 1. The number of hydrogen-bond donors (Lipinski definition) is 2. The largest absolute Gasteiger partial charge is 0.480 e. The number of rotatable bonds is 7. The maximum atomic E-state index is 12.0. The quantitative estimate of drug-likeness (QED) is 0.649. The smallest absolute Gasteiger partial charge is 0.321 e. The summed E-state index contributed by atoms with van der Waals surface area (Å²) in [6.07, 6.45) is 2.11. The van der Waals surface area contributed by atoms with Crippen molar-refractivity contribution in [2.45, 2.75) is 12.5 Å². The number of carbonyl (C=O) groups is 1. The molecule has 1 atom stereocenters. The SMILES string of the molecule is CSCCC(NS(=O)(=O)N1CCOCC1)C(=O)O. The number of morpholine rings is 1. The van der Waals surface area contributed by atoms with Crippen LogP contribution in [0.5, 0.6) is 0 Å². The Hall–Kier alpha value is -0.350. The molecule has 0 spiro atoms. The minimum atomic E-state index is -3.74. The highest BCUT2D eigenvalue weighted by molar-refractivity contribution is 7.98. The lowest BCUT2D eigenvalue weighted by atomic mass is 10.2. The first kappa shape index (κ1) is 15.7. The lowest BCUT2D eigenvalue weighted by Crippen LogP contribution is -2.51. The summed E-state index contributed by atoms with van der Waals surface area (Å²) in [6, 6.07) is -1.08. The summed E-state index contributed by atoms with van der Waals surface area (Å²) in [5.41, 5.74) is 0. The molecule has 1 aliphatic heterocycles. The van der Waals surface area contributed by atoms with E-state index in [1.54, 1.807) is 0 Å². The first-order valence-corrected chi connectivity index (χ1v) is 8.37. The van der Waals surface area contributed by atoms with Crippen molar-refractivity contribution < 1.29 is 23.1 Å². The number of aliphatic carboxylic acids is 1. The summed E-state index contributed by atoms with van der Waals surface area (Å²) in [5.74, 6) is -0.566. The van der Waals surface area contributed by atoms with Crippen LogP contribution in [-0.2, 0) is 19.7 Å². The molecule has 0 saturated carbocycles. The fourth-order valence-corrected chi connectivity index (χ4v) is 3.34. The molecule has 1 heterocycles. The summed E-state index contributed by atoms with van der Waals surface area (Å²) >= 11 is 1.48. The van der Waals surface area contributed by atoms with Crippen LogP contribution in [0, 0.1) is 0 Å². The highest BCUT2D eigenvalue weighted by Crippen LogP contribution is 2.07. The third-order valence-electron chi connectivity index (χ3n) is 2.51. The number of nitrogens with zero attached hydrogens (tertiary/aromatic N) is 1. The van der Waals surface area contributed by atoms with Crippen LogP contribution in [0.15, 0.2) is 0 Å². The molecule has 7 nitrogen and oxygen atoms in total. The van der Waals surface area contributed by atoms with E-state index in [0.29, 0.717) is 19.0 Å². The normalized spacial score (nSPS) is 19.6. The van der Waals surface area contributed by atoms with E-state index >= 15 is 0 Å². The molecule has 0 aliphatic carbocycles. The average Bonchev–Trinajstić information content (AvgIpc) is 2.35. The Morgan fingerprint density at radius 1 is 1.50 bits per heavy atom. The zero-order chi connectivity index (χ0) is 13.6. The molecule has 2 N–H and O–H groups in total. The fraction of sp³-hybridized carbons (Fsp3) is 0.889. The van der Waals surface area contributed by atoms with E-state index in [9.17, 15) is 13.2 Å². The number of hydrogen-bond acceptors (Lipinski definition) is 5. The van der Waals surface area contributed by atoms with Crippen LogP contribution in [0.3, 0.4) is 0 Å². The van der Waals surface area contributed by atoms with Crippen LogP contribution in [0.4, 0.5) is 0 Å². The molecule has 0 bridgehead atoms. The van der Waals surface area contributed by atoms with E-state index in [1.165, 1.54) is 16.1 Å². The molecule has 0 aromatic carbocycles. The van der Waals surface area contributed by atoms with E-state index in [2.05, 4.69) is 4.72 Å². The minimum absolute atomic E-state index is 0.254. The van der Waals surface area contributed by atoms with Gasteiger partial charge in [-0.15, -0.1) is 0 Å². The van der Waals surface area contributed by atoms with E-state index in [4.69, 9.17) is 9.84 Å². The highest BCUT2D eigenvalue weighted by Gasteiger charge is 2.29. The second kappa shape index (κ2) is 7.29. The molecule has 0 aromatic rings. The van der Waals surface area contributed by atoms with Crippen molar-refractivity contribution in [2.75, 3.05) is 38.3 Å². The third-order valence-corrected chi connectivity index (χ3v) is 4.78. The molecule has 1 fully saturated rings. The molecule has 1 aliphatic rings. The maximum Gasteiger partial charge on any atom is 0.321 e. The van der Waals surface area contributed by atoms with Crippen molar-refractivity contribution in [3.05, 3.63) is 0 Å². The van der Waals surface area contributed by atoms with Gasteiger partial charge in [-0.05, 0) is 18.4 Å². The van der Waals surface area contributed by atoms with Gasteiger partial charge in [-0.3, -0.25) is 4.79 Å². The van der Waals surface area contributed by atoms with Crippen LogP contribution in [0.1, 0.15) is 6.42 Å². The first-order valence-electron chi connectivity index (χ1n) is 5.54. The third kappa shape index (κ3) is 4.73. The summed E-state index contributed by atoms with van der Waals surface area (Å²) < 4.78 is 32.4. The Morgan fingerprint density at radius 3 is 2.61 bits per heavy atom. The standard InChI is InChI=1S/C9H18N2O5S2/c1-17-7-2-8(9(12)13)10-18(14,15)11-3-5-16-6-4-11/h8,10H,2-7H2,1H3,(H,12,13). The predicted octanol–water partition coefficient (Wildman–Crippen LogP) is -0.641. The molecule has 0 amide bonds. The van der Waals surface area contributed by atoms with Crippen molar-refractivity contribution in [1.29, 1.82) is 0 Å². The summed E-state index contributed by atoms with van der Waals surface area (Å²) in [4.78, 5) is 11.0. The molecule has 18 heavy (non-hydrogen) atoms. The van der Waals surface area contributed by atoms with E-state index in [1.807, 2.05) is 6.26 Å². The van der Waals surface area contributed by atoms with Crippen molar-refractivity contribution >= 4 is 27.9 Å². The number of nitrogens with one attached hydrogen (secondary N) is 1. The van der Waals surface area contributed by atoms with Gasteiger partial charge in [0.25, 0.3) is 10.2 Å². The Bertz CT molecular complexity index is 367. The van der Waals surface area contributed by atoms with Gasteiger partial charge in [0.1, 0.15) is 6.04 Å². The Balaban J connectivity index is 2.62. The Morgan fingerprint density at radius 2 is 2.11 bits per heavy atom. The van der Waals surface area contributed by atoms with Gasteiger partial charge in [-0.25, -0.2) is 0 Å². The second-order valence-corrected chi connectivity index (χ2v) is 6.49. The van der Waals surface area contributed by atoms with Crippen LogP contribution in [0.2, 0.25) is 0 Å². The van der Waals surface area contributed by atoms with Crippen molar-refractivity contribution in [3.63, 3.8) is 0 Å². The molecule has 106 valence electrons. The van der Waals surface area contributed by atoms with E-state index in [0.717, 1.165) is 0 Å². The predicted molar refractivity (Wildman–Crippen MR) is 68.9 cm³/mol. The Kier molecular flexibility index (Phi) is 6.36. The average molecular weight is 298 g/mol. The minimum Gasteiger partial charge on any atom is -0.480 e. The van der Waals surface area contributed by atoms with Gasteiger partial charge < -0.3 is 9.84 Å². The molecule has 1 rings (SSSR count). The monoisotopic (exact) mass is 298 g/mol. The van der Waals surface area contributed by atoms with Crippen LogP contribution >= 0.6 is 11.8 Å². The van der Waals surface area contributed by atoms with Gasteiger partial charge in [-0.1, -0.05) is 0 Å². The van der Waals surface area contributed by atoms with Gasteiger partial charge in [0.15, 0.2) is 0 Å². The molecule has 1 unspecified atom stereocenters. The van der Waals surface area contributed by atoms with Crippen LogP contribution in [-0.4, -0.2) is 68.2 Å². The van der Waals surface area contributed by atoms with Crippen molar-refractivity contribution in [1.82, 2.24) is 9.03 Å². The highest BCUT2D eigenvalue weighted by atomic mass is 32.2. The molecule has 9 heteroatoms. The van der Waals surface area contributed by atoms with E-state index in [-0.39, 0.29) is 19.5 Å². The molecule has 0 radical (unpaired) electrons. The van der Waals surface area contributed by atoms with E-state index < -0.39 is 22.2 Å². The molecular formula is C9H18N2O5S2. The van der Waals surface area contributed by atoms with Gasteiger partial charge in [-0.2, -0.15) is 29.2 Å². The lowest BCUT2D eigenvalue weighted by molar-refractivity contribution is -0.139. The van der Waals surface area contributed by atoms with Crippen LogP contribution in [0.25, 0.3) is 0 Å². The fourth-order valence-electron chi connectivity index (χ4n) is 1.51. The second-order valence-electron chi connectivity index (χ2n) is 3.81. The maximum absolute atomic E-state index is 12.0. The molecule has 1 saturated heterocycles. The van der Waals surface area contributed by atoms with Gasteiger partial charge in [0.2, 0.25) is 0 Å².